The number of fused-ring (bicyclic) bond motifs is 1. The SMILES string of the molecule is O=C(O)c1nccc2cc(Cl)ccc12. The number of carbonyl (C=O) groups is 1. The van der Waals surface area contributed by atoms with Crippen LogP contribution in [0.5, 0.6) is 0 Å². The number of halogens is 1. The van der Waals surface area contributed by atoms with Crippen molar-refractivity contribution in [1.82, 2.24) is 4.98 Å². The van der Waals surface area contributed by atoms with Crippen molar-refractivity contribution in [2.24, 2.45) is 0 Å². The fourth-order valence-electron chi connectivity index (χ4n) is 1.32. The Morgan fingerprint density at radius 2 is 2.14 bits per heavy atom. The number of carboxylic acid groups (broad SMARTS) is 1. The predicted octanol–water partition coefficient (Wildman–Crippen LogP) is 2.59. The van der Waals surface area contributed by atoms with Crippen molar-refractivity contribution >= 4 is 28.3 Å². The van der Waals surface area contributed by atoms with Gasteiger partial charge in [-0.2, -0.15) is 0 Å². The number of nitrogens with zero attached hydrogens (tertiary/aromatic N) is 1. The molecule has 0 radical (unpaired) electrons. The molecule has 2 rings (SSSR count). The molecular weight excluding hydrogens is 202 g/mol. The zero-order chi connectivity index (χ0) is 10.1. The fourth-order valence-corrected chi connectivity index (χ4v) is 1.50. The van der Waals surface area contributed by atoms with Crippen LogP contribution in [0.15, 0.2) is 30.5 Å². The Bertz CT molecular complexity index is 510. The van der Waals surface area contributed by atoms with Gasteiger partial charge in [0.2, 0.25) is 0 Å². The van der Waals surface area contributed by atoms with E-state index in [1.165, 1.54) is 6.20 Å². The van der Waals surface area contributed by atoms with Gasteiger partial charge < -0.3 is 5.11 Å². The summed E-state index contributed by atoms with van der Waals surface area (Å²) in [5.41, 5.74) is 0.0548. The minimum absolute atomic E-state index is 0.0548. The zero-order valence-corrected chi connectivity index (χ0v) is 7.82. The molecule has 70 valence electrons. The van der Waals surface area contributed by atoms with Crippen LogP contribution in [0.2, 0.25) is 5.02 Å². The van der Waals surface area contributed by atoms with E-state index in [1.54, 1.807) is 24.3 Å². The topological polar surface area (TPSA) is 50.2 Å². The lowest BCUT2D eigenvalue weighted by atomic mass is 10.1. The van der Waals surface area contributed by atoms with Crippen molar-refractivity contribution in [3.8, 4) is 0 Å². The quantitative estimate of drug-likeness (QED) is 0.782. The normalized spacial score (nSPS) is 10.4. The van der Waals surface area contributed by atoms with Crippen LogP contribution in [0.1, 0.15) is 10.5 Å². The molecule has 0 aliphatic rings. The molecule has 0 unspecified atom stereocenters. The summed E-state index contributed by atoms with van der Waals surface area (Å²) in [6.45, 7) is 0. The van der Waals surface area contributed by atoms with Gasteiger partial charge in [0.05, 0.1) is 0 Å². The van der Waals surface area contributed by atoms with Crippen LogP contribution < -0.4 is 0 Å². The number of aromatic nitrogens is 1. The number of hydrogen-bond donors (Lipinski definition) is 1. The van der Waals surface area contributed by atoms with E-state index >= 15 is 0 Å². The zero-order valence-electron chi connectivity index (χ0n) is 7.07. The summed E-state index contributed by atoms with van der Waals surface area (Å²) in [4.78, 5) is 14.6. The maximum Gasteiger partial charge on any atom is 0.355 e. The monoisotopic (exact) mass is 207 g/mol. The van der Waals surface area contributed by atoms with Crippen LogP contribution in [0, 0.1) is 0 Å². The molecule has 1 aromatic heterocycles. The molecule has 3 nitrogen and oxygen atoms in total. The highest BCUT2D eigenvalue weighted by molar-refractivity contribution is 6.31. The molecule has 0 aliphatic heterocycles. The smallest absolute Gasteiger partial charge is 0.355 e. The van der Waals surface area contributed by atoms with Crippen LogP contribution in [-0.2, 0) is 0 Å². The van der Waals surface area contributed by atoms with Gasteiger partial charge in [-0.15, -0.1) is 0 Å². The summed E-state index contributed by atoms with van der Waals surface area (Å²) in [5, 5.41) is 10.8. The number of pyridine rings is 1. The third-order valence-corrected chi connectivity index (χ3v) is 2.16. The van der Waals surface area contributed by atoms with Gasteiger partial charge in [0, 0.05) is 16.6 Å². The van der Waals surface area contributed by atoms with E-state index in [1.807, 2.05) is 0 Å². The minimum Gasteiger partial charge on any atom is -0.476 e. The van der Waals surface area contributed by atoms with Crippen molar-refractivity contribution in [2.45, 2.75) is 0 Å². The lowest BCUT2D eigenvalue weighted by molar-refractivity contribution is 0.0693. The van der Waals surface area contributed by atoms with E-state index in [2.05, 4.69) is 4.98 Å². The van der Waals surface area contributed by atoms with Crippen molar-refractivity contribution < 1.29 is 9.90 Å². The van der Waals surface area contributed by atoms with Gasteiger partial charge in [0.1, 0.15) is 0 Å². The molecule has 4 heteroatoms. The van der Waals surface area contributed by atoms with E-state index < -0.39 is 5.97 Å². The molecule has 1 heterocycles. The van der Waals surface area contributed by atoms with Crippen molar-refractivity contribution in [1.29, 1.82) is 0 Å². The van der Waals surface area contributed by atoms with Crippen molar-refractivity contribution in [3.63, 3.8) is 0 Å². The van der Waals surface area contributed by atoms with Crippen LogP contribution in [0.4, 0.5) is 0 Å². The molecule has 0 atom stereocenters. The maximum absolute atomic E-state index is 10.8. The maximum atomic E-state index is 10.8. The second-order valence-corrected chi connectivity index (χ2v) is 3.27. The predicted molar refractivity (Wildman–Crippen MR) is 53.7 cm³/mol. The Morgan fingerprint density at radius 1 is 1.36 bits per heavy atom. The van der Waals surface area contributed by atoms with Gasteiger partial charge in [-0.25, -0.2) is 9.78 Å². The Labute approximate surface area is 85.0 Å². The third-order valence-electron chi connectivity index (χ3n) is 1.93. The Kier molecular flexibility index (Phi) is 2.09. The standard InChI is InChI=1S/C10H6ClNO2/c11-7-1-2-8-6(5-7)3-4-12-9(8)10(13)14/h1-5H,(H,13,14). The molecule has 14 heavy (non-hydrogen) atoms. The van der Waals surface area contributed by atoms with E-state index in [0.717, 1.165) is 5.39 Å². The summed E-state index contributed by atoms with van der Waals surface area (Å²) >= 11 is 5.78. The molecule has 0 saturated carbocycles. The number of rotatable bonds is 1. The van der Waals surface area contributed by atoms with Gasteiger partial charge in [-0.1, -0.05) is 17.7 Å². The number of aromatic carboxylic acids is 1. The molecule has 0 bridgehead atoms. The molecule has 0 aliphatic carbocycles. The van der Waals surface area contributed by atoms with E-state index in [-0.39, 0.29) is 5.69 Å². The Balaban J connectivity index is 2.81. The molecule has 0 spiro atoms. The first-order valence-electron chi connectivity index (χ1n) is 3.96. The molecular formula is C10H6ClNO2. The highest BCUT2D eigenvalue weighted by atomic mass is 35.5. The molecule has 0 fully saturated rings. The molecule has 2 aromatic rings. The number of hydrogen-bond acceptors (Lipinski definition) is 2. The summed E-state index contributed by atoms with van der Waals surface area (Å²) < 4.78 is 0. The first-order chi connectivity index (χ1) is 6.68. The average Bonchev–Trinajstić information content (AvgIpc) is 2.16. The van der Waals surface area contributed by atoms with Crippen LogP contribution in [-0.4, -0.2) is 16.1 Å². The molecule has 1 N–H and O–H groups in total. The minimum atomic E-state index is -1.03. The van der Waals surface area contributed by atoms with Gasteiger partial charge in [0.25, 0.3) is 0 Å². The van der Waals surface area contributed by atoms with Gasteiger partial charge in [0.15, 0.2) is 5.69 Å². The van der Waals surface area contributed by atoms with Crippen molar-refractivity contribution in [3.05, 3.63) is 41.2 Å². The summed E-state index contributed by atoms with van der Waals surface area (Å²) in [6.07, 6.45) is 1.46. The first kappa shape index (κ1) is 8.97. The fraction of sp³-hybridized carbons (Fsp3) is 0. The first-order valence-corrected chi connectivity index (χ1v) is 4.34. The van der Waals surface area contributed by atoms with Gasteiger partial charge in [-0.05, 0) is 23.6 Å². The van der Waals surface area contributed by atoms with E-state index in [9.17, 15) is 4.79 Å². The Morgan fingerprint density at radius 3 is 2.86 bits per heavy atom. The van der Waals surface area contributed by atoms with Gasteiger partial charge in [-0.3, -0.25) is 0 Å². The largest absolute Gasteiger partial charge is 0.476 e. The van der Waals surface area contributed by atoms with Crippen LogP contribution >= 0.6 is 11.6 Å². The second-order valence-electron chi connectivity index (χ2n) is 2.83. The molecule has 0 amide bonds. The Hall–Kier alpha value is -1.61. The molecule has 1 aromatic carbocycles. The summed E-state index contributed by atoms with van der Waals surface area (Å²) in [6, 6.07) is 6.75. The summed E-state index contributed by atoms with van der Waals surface area (Å²) in [5.74, 6) is -1.03. The van der Waals surface area contributed by atoms with Crippen LogP contribution in [0.3, 0.4) is 0 Å². The lowest BCUT2D eigenvalue weighted by Gasteiger charge is -2.00. The van der Waals surface area contributed by atoms with Crippen molar-refractivity contribution in [2.75, 3.05) is 0 Å². The average molecular weight is 208 g/mol. The third kappa shape index (κ3) is 1.42. The number of carboxylic acids is 1. The summed E-state index contributed by atoms with van der Waals surface area (Å²) in [7, 11) is 0. The van der Waals surface area contributed by atoms with E-state index in [4.69, 9.17) is 16.7 Å². The lowest BCUT2D eigenvalue weighted by Crippen LogP contribution is -2.00. The highest BCUT2D eigenvalue weighted by Crippen LogP contribution is 2.20. The van der Waals surface area contributed by atoms with Gasteiger partial charge >= 0.3 is 5.97 Å². The van der Waals surface area contributed by atoms with Crippen LogP contribution in [0.25, 0.3) is 10.8 Å². The number of benzene rings is 1. The molecule has 0 saturated heterocycles. The van der Waals surface area contributed by atoms with E-state index in [0.29, 0.717) is 10.4 Å². The highest BCUT2D eigenvalue weighted by Gasteiger charge is 2.09. The second kappa shape index (κ2) is 3.27.